The quantitative estimate of drug-likeness (QED) is 0.198. The van der Waals surface area contributed by atoms with Gasteiger partial charge in [0.1, 0.15) is 11.7 Å². The highest BCUT2D eigenvalue weighted by Crippen LogP contribution is 2.51. The summed E-state index contributed by atoms with van der Waals surface area (Å²) in [5.74, 6) is 0. The molecule has 0 fully saturated rings. The Kier molecular flexibility index (Phi) is 5.39. The molecule has 9 rings (SSSR count). The molecule has 0 saturated heterocycles. The van der Waals surface area contributed by atoms with Gasteiger partial charge in [-0.3, -0.25) is 0 Å². The summed E-state index contributed by atoms with van der Waals surface area (Å²) in [5.41, 5.74) is 10.0. The number of hydrogen-bond acceptors (Lipinski definition) is 3. The van der Waals surface area contributed by atoms with Crippen molar-refractivity contribution in [3.8, 4) is 11.1 Å². The van der Waals surface area contributed by atoms with Crippen molar-refractivity contribution in [2.24, 2.45) is 0 Å². The third kappa shape index (κ3) is 3.50. The van der Waals surface area contributed by atoms with E-state index in [4.69, 9.17) is 4.42 Å². The second kappa shape index (κ2) is 9.48. The number of rotatable bonds is 3. The van der Waals surface area contributed by atoms with E-state index in [1.165, 1.54) is 49.7 Å². The largest absolute Gasteiger partial charge is 0.453 e. The minimum Gasteiger partial charge on any atom is -0.453 e. The van der Waals surface area contributed by atoms with Gasteiger partial charge in [-0.15, -0.1) is 0 Å². The average Bonchev–Trinajstić information content (AvgIpc) is 3.59. The van der Waals surface area contributed by atoms with Gasteiger partial charge in [0, 0.05) is 22.0 Å². The van der Waals surface area contributed by atoms with Crippen LogP contribution in [0.1, 0.15) is 12.5 Å². The summed E-state index contributed by atoms with van der Waals surface area (Å²) in [6.07, 6.45) is 0.0521. The molecule has 7 aromatic carbocycles. The van der Waals surface area contributed by atoms with Crippen LogP contribution in [-0.4, -0.2) is 6.17 Å². The average molecular weight is 567 g/mol. The van der Waals surface area contributed by atoms with Crippen LogP contribution in [-0.2, 0) is 0 Å². The van der Waals surface area contributed by atoms with Crippen LogP contribution in [0.15, 0.2) is 144 Å². The SMILES string of the molecule is Cc1ccc2c(oc3c(-c4cc5ccccc5c5ccccc45)cccc32)c1N1c2ccccc2N(c2ccccc2)[C@H]1C. The van der Waals surface area contributed by atoms with Crippen molar-refractivity contribution in [1.82, 2.24) is 0 Å². The first-order chi connectivity index (χ1) is 21.7. The van der Waals surface area contributed by atoms with Crippen molar-refractivity contribution in [3.05, 3.63) is 145 Å². The predicted molar refractivity (Wildman–Crippen MR) is 186 cm³/mol. The van der Waals surface area contributed by atoms with E-state index in [2.05, 4.69) is 163 Å². The van der Waals surface area contributed by atoms with Gasteiger partial charge in [-0.2, -0.15) is 0 Å². The lowest BCUT2D eigenvalue weighted by atomic mass is 9.92. The first-order valence-corrected chi connectivity index (χ1v) is 15.3. The number of furan rings is 1. The van der Waals surface area contributed by atoms with Crippen LogP contribution in [0.25, 0.3) is 54.6 Å². The molecule has 0 unspecified atom stereocenters. The second-order valence-corrected chi connectivity index (χ2v) is 11.8. The van der Waals surface area contributed by atoms with Crippen LogP contribution in [0.4, 0.5) is 22.7 Å². The minimum absolute atomic E-state index is 0.0521. The fraction of sp³-hybridized carbons (Fsp3) is 0.0732. The van der Waals surface area contributed by atoms with E-state index in [9.17, 15) is 0 Å². The third-order valence-corrected chi connectivity index (χ3v) is 9.32. The molecule has 1 aromatic heterocycles. The molecule has 1 atom stereocenters. The highest BCUT2D eigenvalue weighted by Gasteiger charge is 2.37. The Balaban J connectivity index is 1.31. The van der Waals surface area contributed by atoms with E-state index in [0.717, 1.165) is 33.2 Å². The smallest absolute Gasteiger partial charge is 0.159 e. The highest BCUT2D eigenvalue weighted by molar-refractivity contribution is 6.19. The molecule has 0 bridgehead atoms. The molecule has 1 aliphatic rings. The Labute approximate surface area is 256 Å². The van der Waals surface area contributed by atoms with E-state index >= 15 is 0 Å². The van der Waals surface area contributed by atoms with E-state index in [1.807, 2.05) is 0 Å². The van der Waals surface area contributed by atoms with Crippen LogP contribution in [0.3, 0.4) is 0 Å². The molecule has 8 aromatic rings. The molecule has 1 aliphatic heterocycles. The van der Waals surface area contributed by atoms with Gasteiger partial charge in [0.15, 0.2) is 5.58 Å². The standard InChI is InChI=1S/C41H30N2O/c1-26-23-24-35-33-19-12-20-34(36-25-28-13-6-7-16-30(28)31-17-8-9-18-32(31)36)40(33)44-41(35)39(26)43-27(2)42(29-14-4-3-5-15-29)37-21-10-11-22-38(37)43/h3-25,27H,1-2H3/t27-/m1/s1. The fourth-order valence-electron chi connectivity index (χ4n) is 7.38. The van der Waals surface area contributed by atoms with E-state index in [-0.39, 0.29) is 6.17 Å². The first-order valence-electron chi connectivity index (χ1n) is 15.3. The van der Waals surface area contributed by atoms with Crippen molar-refractivity contribution in [2.45, 2.75) is 20.0 Å². The molecule has 44 heavy (non-hydrogen) atoms. The van der Waals surface area contributed by atoms with Crippen LogP contribution in [0.5, 0.6) is 0 Å². The number of anilines is 4. The number of para-hydroxylation sites is 4. The Bertz CT molecular complexity index is 2390. The molecular weight excluding hydrogens is 536 g/mol. The monoisotopic (exact) mass is 566 g/mol. The zero-order chi connectivity index (χ0) is 29.4. The van der Waals surface area contributed by atoms with Crippen LogP contribution < -0.4 is 9.80 Å². The Morgan fingerprint density at radius 2 is 1.14 bits per heavy atom. The highest BCUT2D eigenvalue weighted by atomic mass is 16.3. The molecule has 0 spiro atoms. The van der Waals surface area contributed by atoms with Gasteiger partial charge in [0.2, 0.25) is 0 Å². The van der Waals surface area contributed by atoms with Crippen LogP contribution >= 0.6 is 0 Å². The van der Waals surface area contributed by atoms with Gasteiger partial charge < -0.3 is 14.2 Å². The maximum atomic E-state index is 7.07. The summed E-state index contributed by atoms with van der Waals surface area (Å²) < 4.78 is 7.07. The predicted octanol–water partition coefficient (Wildman–Crippen LogP) is 11.5. The Hall–Kier alpha value is -5.54. The van der Waals surface area contributed by atoms with Gasteiger partial charge in [-0.05, 0) is 76.9 Å². The van der Waals surface area contributed by atoms with E-state index in [1.54, 1.807) is 0 Å². The number of hydrogen-bond donors (Lipinski definition) is 0. The first kappa shape index (κ1) is 25.0. The lowest BCUT2D eigenvalue weighted by Crippen LogP contribution is -2.35. The van der Waals surface area contributed by atoms with Crippen molar-refractivity contribution in [3.63, 3.8) is 0 Å². The molecule has 3 heteroatoms. The summed E-state index contributed by atoms with van der Waals surface area (Å²) in [6.45, 7) is 4.47. The summed E-state index contributed by atoms with van der Waals surface area (Å²) in [7, 11) is 0. The van der Waals surface area contributed by atoms with Crippen molar-refractivity contribution in [1.29, 1.82) is 0 Å². The lowest BCUT2D eigenvalue weighted by molar-refractivity contribution is 0.664. The van der Waals surface area contributed by atoms with Crippen molar-refractivity contribution < 1.29 is 4.42 Å². The van der Waals surface area contributed by atoms with Gasteiger partial charge in [0.05, 0.1) is 17.1 Å². The van der Waals surface area contributed by atoms with Gasteiger partial charge in [-0.25, -0.2) is 0 Å². The second-order valence-electron chi connectivity index (χ2n) is 11.8. The number of fused-ring (bicyclic) bond motifs is 7. The fourth-order valence-corrected chi connectivity index (χ4v) is 7.38. The van der Waals surface area contributed by atoms with Gasteiger partial charge in [-0.1, -0.05) is 109 Å². The topological polar surface area (TPSA) is 19.6 Å². The Morgan fingerprint density at radius 3 is 1.95 bits per heavy atom. The van der Waals surface area contributed by atoms with Gasteiger partial charge in [0.25, 0.3) is 0 Å². The lowest BCUT2D eigenvalue weighted by Gasteiger charge is -2.31. The van der Waals surface area contributed by atoms with Crippen LogP contribution in [0.2, 0.25) is 0 Å². The molecular formula is C41H30N2O. The maximum Gasteiger partial charge on any atom is 0.159 e. The molecule has 210 valence electrons. The minimum atomic E-state index is 0.0521. The molecule has 0 aliphatic carbocycles. The number of benzene rings is 7. The zero-order valence-electron chi connectivity index (χ0n) is 24.7. The zero-order valence-corrected chi connectivity index (χ0v) is 24.7. The molecule has 0 radical (unpaired) electrons. The molecule has 0 amide bonds. The normalized spacial score (nSPS) is 14.7. The van der Waals surface area contributed by atoms with E-state index in [0.29, 0.717) is 0 Å². The summed E-state index contributed by atoms with van der Waals surface area (Å²) in [5, 5.41) is 7.26. The van der Waals surface area contributed by atoms with E-state index < -0.39 is 0 Å². The molecule has 0 N–H and O–H groups in total. The third-order valence-electron chi connectivity index (χ3n) is 9.32. The number of aryl methyl sites for hydroxylation is 1. The van der Waals surface area contributed by atoms with Gasteiger partial charge >= 0.3 is 0 Å². The summed E-state index contributed by atoms with van der Waals surface area (Å²) in [6, 6.07) is 50.1. The maximum absolute atomic E-state index is 7.07. The summed E-state index contributed by atoms with van der Waals surface area (Å²) in [4.78, 5) is 4.87. The van der Waals surface area contributed by atoms with Crippen LogP contribution in [0, 0.1) is 6.92 Å². The van der Waals surface area contributed by atoms with Crippen molar-refractivity contribution >= 4 is 66.2 Å². The molecule has 0 saturated carbocycles. The molecule has 2 heterocycles. The van der Waals surface area contributed by atoms with Crippen molar-refractivity contribution in [2.75, 3.05) is 9.80 Å². The summed E-state index contributed by atoms with van der Waals surface area (Å²) >= 11 is 0. The molecule has 3 nitrogen and oxygen atoms in total. The number of nitrogens with zero attached hydrogens (tertiary/aromatic N) is 2. The Morgan fingerprint density at radius 1 is 0.500 bits per heavy atom.